The number of fused-ring (bicyclic) bond motifs is 1. The first-order valence-corrected chi connectivity index (χ1v) is 9.16. The van der Waals surface area contributed by atoms with Crippen LogP contribution in [0.15, 0.2) is 12.1 Å². The summed E-state index contributed by atoms with van der Waals surface area (Å²) in [5.41, 5.74) is 3.45. The molecule has 0 bridgehead atoms. The molecule has 5 heteroatoms. The molecule has 5 nitrogen and oxygen atoms in total. The number of amides is 2. The highest BCUT2D eigenvalue weighted by Gasteiger charge is 2.37. The lowest BCUT2D eigenvalue weighted by molar-refractivity contribution is 0.0543. The Bertz CT molecular complexity index is 625. The van der Waals surface area contributed by atoms with Gasteiger partial charge in [0.05, 0.1) is 24.9 Å². The number of carbonyl (C=O) groups is 1. The highest BCUT2D eigenvalue weighted by Crippen LogP contribution is 2.37. The van der Waals surface area contributed by atoms with Crippen LogP contribution >= 0.6 is 0 Å². The summed E-state index contributed by atoms with van der Waals surface area (Å²) in [7, 11) is 1.66. The highest BCUT2D eigenvalue weighted by molar-refractivity contribution is 5.93. The molecule has 130 valence electrons. The van der Waals surface area contributed by atoms with Crippen molar-refractivity contribution in [3.63, 3.8) is 0 Å². The Morgan fingerprint density at radius 1 is 1.25 bits per heavy atom. The van der Waals surface area contributed by atoms with Gasteiger partial charge in [0.1, 0.15) is 5.75 Å². The van der Waals surface area contributed by atoms with Gasteiger partial charge in [0.2, 0.25) is 0 Å². The van der Waals surface area contributed by atoms with Crippen molar-refractivity contribution in [3.05, 3.63) is 23.3 Å². The van der Waals surface area contributed by atoms with Crippen molar-refractivity contribution in [2.75, 3.05) is 25.6 Å². The smallest absolute Gasteiger partial charge is 0.322 e. The number of nitrogens with one attached hydrogen (secondary N) is 1. The SMILES string of the molecule is COc1ccc2c(c1NC(=O)N1CCC[C@@H]1[C@H]1CCCO1)CCC2. The molecule has 2 heterocycles. The van der Waals surface area contributed by atoms with E-state index in [2.05, 4.69) is 11.4 Å². The van der Waals surface area contributed by atoms with Crippen LogP contribution in [0.3, 0.4) is 0 Å². The Hall–Kier alpha value is -1.75. The Kier molecular flexibility index (Phi) is 4.35. The quantitative estimate of drug-likeness (QED) is 0.924. The summed E-state index contributed by atoms with van der Waals surface area (Å²) in [6.45, 7) is 1.64. The molecule has 4 rings (SSSR count). The fourth-order valence-electron chi connectivity index (χ4n) is 4.47. The fourth-order valence-corrected chi connectivity index (χ4v) is 4.47. The molecule has 0 aromatic heterocycles. The molecule has 2 fully saturated rings. The maximum atomic E-state index is 13.0. The molecule has 1 N–H and O–H groups in total. The second kappa shape index (κ2) is 6.63. The molecular formula is C19H26N2O3. The van der Waals surface area contributed by atoms with Gasteiger partial charge in [0.25, 0.3) is 0 Å². The van der Waals surface area contributed by atoms with Crippen molar-refractivity contribution in [2.45, 2.75) is 57.1 Å². The van der Waals surface area contributed by atoms with E-state index < -0.39 is 0 Å². The van der Waals surface area contributed by atoms with Gasteiger partial charge in [-0.1, -0.05) is 6.07 Å². The van der Waals surface area contributed by atoms with E-state index in [1.807, 2.05) is 11.0 Å². The number of carbonyl (C=O) groups excluding carboxylic acids is 1. The van der Waals surface area contributed by atoms with Crippen LogP contribution in [-0.2, 0) is 17.6 Å². The molecule has 0 spiro atoms. The number of benzene rings is 1. The van der Waals surface area contributed by atoms with Crippen molar-refractivity contribution < 1.29 is 14.3 Å². The van der Waals surface area contributed by atoms with Gasteiger partial charge in [0.15, 0.2) is 0 Å². The number of anilines is 1. The van der Waals surface area contributed by atoms with Crippen LogP contribution in [0.4, 0.5) is 10.5 Å². The standard InChI is InChI=1S/C19H26N2O3/c1-23-17-10-9-13-5-2-6-14(13)18(17)20-19(22)21-11-3-7-15(21)16-8-4-12-24-16/h9-10,15-16H,2-8,11-12H2,1H3,(H,20,22)/t15-,16-/m1/s1. The number of hydrogen-bond donors (Lipinski definition) is 1. The zero-order chi connectivity index (χ0) is 16.5. The van der Waals surface area contributed by atoms with Crippen molar-refractivity contribution >= 4 is 11.7 Å². The van der Waals surface area contributed by atoms with Crippen molar-refractivity contribution in [1.29, 1.82) is 0 Å². The van der Waals surface area contributed by atoms with Crippen LogP contribution < -0.4 is 10.1 Å². The minimum absolute atomic E-state index is 0.00778. The van der Waals surface area contributed by atoms with Gasteiger partial charge in [-0.05, 0) is 62.1 Å². The second-order valence-electron chi connectivity index (χ2n) is 7.02. The summed E-state index contributed by atoms with van der Waals surface area (Å²) in [4.78, 5) is 14.9. The van der Waals surface area contributed by atoms with E-state index in [9.17, 15) is 4.79 Å². The lowest BCUT2D eigenvalue weighted by Gasteiger charge is -2.29. The van der Waals surface area contributed by atoms with E-state index in [1.165, 1.54) is 11.1 Å². The van der Waals surface area contributed by atoms with Crippen LogP contribution in [0.2, 0.25) is 0 Å². The van der Waals surface area contributed by atoms with Gasteiger partial charge in [-0.25, -0.2) is 4.79 Å². The zero-order valence-corrected chi connectivity index (χ0v) is 14.3. The molecule has 1 aromatic rings. The summed E-state index contributed by atoms with van der Waals surface area (Å²) in [6.07, 6.45) is 7.73. The van der Waals surface area contributed by atoms with Gasteiger partial charge in [-0.15, -0.1) is 0 Å². The topological polar surface area (TPSA) is 50.8 Å². The van der Waals surface area contributed by atoms with Crippen LogP contribution in [0, 0.1) is 0 Å². The Balaban J connectivity index is 1.55. The first-order chi connectivity index (χ1) is 11.8. The largest absolute Gasteiger partial charge is 0.495 e. The molecule has 1 aromatic carbocycles. The van der Waals surface area contributed by atoms with E-state index in [0.29, 0.717) is 0 Å². The number of ether oxygens (including phenoxy) is 2. The van der Waals surface area contributed by atoms with Crippen LogP contribution in [0.5, 0.6) is 5.75 Å². The summed E-state index contributed by atoms with van der Waals surface area (Å²) >= 11 is 0. The first-order valence-electron chi connectivity index (χ1n) is 9.16. The monoisotopic (exact) mass is 330 g/mol. The molecule has 0 unspecified atom stereocenters. The lowest BCUT2D eigenvalue weighted by atomic mass is 10.1. The van der Waals surface area contributed by atoms with Crippen molar-refractivity contribution in [1.82, 2.24) is 4.90 Å². The molecule has 0 radical (unpaired) electrons. The zero-order valence-electron chi connectivity index (χ0n) is 14.3. The minimum Gasteiger partial charge on any atom is -0.495 e. The number of nitrogens with zero attached hydrogens (tertiary/aromatic N) is 1. The van der Waals surface area contributed by atoms with E-state index in [0.717, 1.165) is 69.5 Å². The fraction of sp³-hybridized carbons (Fsp3) is 0.632. The van der Waals surface area contributed by atoms with Crippen LogP contribution in [0.25, 0.3) is 0 Å². The molecule has 24 heavy (non-hydrogen) atoms. The molecule has 0 saturated carbocycles. The number of aryl methyl sites for hydroxylation is 1. The van der Waals surface area contributed by atoms with Gasteiger partial charge >= 0.3 is 6.03 Å². The van der Waals surface area contributed by atoms with Gasteiger partial charge in [0, 0.05) is 13.2 Å². The second-order valence-corrected chi connectivity index (χ2v) is 7.02. The van der Waals surface area contributed by atoms with Gasteiger partial charge in [-0.3, -0.25) is 0 Å². The summed E-state index contributed by atoms with van der Waals surface area (Å²) in [6, 6.07) is 4.31. The molecule has 2 atom stereocenters. The third-order valence-electron chi connectivity index (χ3n) is 5.65. The Labute approximate surface area is 143 Å². The molecule has 2 aliphatic heterocycles. The third kappa shape index (κ3) is 2.75. The van der Waals surface area contributed by atoms with E-state index >= 15 is 0 Å². The van der Waals surface area contributed by atoms with E-state index in [4.69, 9.17) is 9.47 Å². The number of urea groups is 1. The number of methoxy groups -OCH3 is 1. The van der Waals surface area contributed by atoms with Gasteiger partial charge in [-0.2, -0.15) is 0 Å². The predicted molar refractivity (Wildman–Crippen MR) is 92.7 cm³/mol. The van der Waals surface area contributed by atoms with Crippen molar-refractivity contribution in [3.8, 4) is 5.75 Å². The van der Waals surface area contributed by atoms with Gasteiger partial charge < -0.3 is 19.7 Å². The predicted octanol–water partition coefficient (Wildman–Crippen LogP) is 3.36. The maximum Gasteiger partial charge on any atom is 0.322 e. The number of likely N-dealkylation sites (tertiary alicyclic amines) is 1. The number of hydrogen-bond acceptors (Lipinski definition) is 3. The maximum absolute atomic E-state index is 13.0. The molecule has 3 aliphatic rings. The van der Waals surface area contributed by atoms with Crippen LogP contribution in [0.1, 0.15) is 43.2 Å². The molecule has 2 saturated heterocycles. The highest BCUT2D eigenvalue weighted by atomic mass is 16.5. The summed E-state index contributed by atoms with van der Waals surface area (Å²) in [5, 5.41) is 3.16. The lowest BCUT2D eigenvalue weighted by Crippen LogP contribution is -2.44. The molecular weight excluding hydrogens is 304 g/mol. The van der Waals surface area contributed by atoms with Crippen LogP contribution in [-0.4, -0.2) is 43.3 Å². The van der Waals surface area contributed by atoms with E-state index in [1.54, 1.807) is 7.11 Å². The summed E-state index contributed by atoms with van der Waals surface area (Å²) in [5.74, 6) is 0.761. The Morgan fingerprint density at radius 2 is 2.17 bits per heavy atom. The summed E-state index contributed by atoms with van der Waals surface area (Å²) < 4.78 is 11.3. The average Bonchev–Trinajstić information content (AvgIpc) is 3.33. The van der Waals surface area contributed by atoms with Crippen molar-refractivity contribution in [2.24, 2.45) is 0 Å². The number of rotatable bonds is 3. The minimum atomic E-state index is -0.00778. The average molecular weight is 330 g/mol. The third-order valence-corrected chi connectivity index (χ3v) is 5.65. The normalized spacial score (nSPS) is 25.8. The molecule has 1 aliphatic carbocycles. The first kappa shape index (κ1) is 15.8. The molecule has 2 amide bonds. The van der Waals surface area contributed by atoms with E-state index in [-0.39, 0.29) is 18.2 Å². The Morgan fingerprint density at radius 3 is 2.96 bits per heavy atom.